The Hall–Kier alpha value is -2.79. The summed E-state index contributed by atoms with van der Waals surface area (Å²) in [5.41, 5.74) is 0.630. The maximum absolute atomic E-state index is 8.75. The van der Waals surface area contributed by atoms with Crippen LogP contribution < -0.4 is 4.74 Å². The van der Waals surface area contributed by atoms with Gasteiger partial charge in [-0.05, 0) is 47.2 Å². The molecular weight excluding hydrogens is 234 g/mol. The maximum atomic E-state index is 8.75. The first-order valence-corrected chi connectivity index (χ1v) is 6.02. The normalized spacial score (nSPS) is 10.1. The molecule has 0 atom stereocenters. The number of ether oxygens (including phenoxy) is 1. The van der Waals surface area contributed by atoms with Crippen molar-refractivity contribution in [3.63, 3.8) is 0 Å². The van der Waals surface area contributed by atoms with Crippen LogP contribution in [0.2, 0.25) is 0 Å². The van der Waals surface area contributed by atoms with E-state index in [0.29, 0.717) is 5.56 Å². The van der Waals surface area contributed by atoms with Gasteiger partial charge in [-0.1, -0.05) is 30.3 Å². The molecule has 0 aliphatic carbocycles. The van der Waals surface area contributed by atoms with Crippen LogP contribution in [0.1, 0.15) is 5.56 Å². The quantitative estimate of drug-likeness (QED) is 0.665. The predicted octanol–water partition coefficient (Wildman–Crippen LogP) is 4.50. The number of fused-ring (bicyclic) bond motifs is 1. The van der Waals surface area contributed by atoms with Gasteiger partial charge in [0.05, 0.1) is 11.6 Å². The fraction of sp³-hybridized carbons (Fsp3) is 0. The molecule has 90 valence electrons. The van der Waals surface area contributed by atoms with Crippen molar-refractivity contribution < 1.29 is 4.74 Å². The average Bonchev–Trinajstić information content (AvgIpc) is 2.48. The first kappa shape index (κ1) is 11.3. The summed E-state index contributed by atoms with van der Waals surface area (Å²) in [6.07, 6.45) is 0. The van der Waals surface area contributed by atoms with Crippen LogP contribution in [-0.4, -0.2) is 0 Å². The summed E-state index contributed by atoms with van der Waals surface area (Å²) in [5.74, 6) is 1.53. The number of nitrogens with zero attached hydrogens (tertiary/aromatic N) is 1. The van der Waals surface area contributed by atoms with Crippen molar-refractivity contribution in [1.82, 2.24) is 0 Å². The molecule has 0 spiro atoms. The van der Waals surface area contributed by atoms with Gasteiger partial charge in [0.1, 0.15) is 11.5 Å². The summed E-state index contributed by atoms with van der Waals surface area (Å²) < 4.78 is 5.78. The second kappa shape index (κ2) is 4.83. The van der Waals surface area contributed by atoms with E-state index in [1.165, 1.54) is 5.39 Å². The number of hydrogen-bond acceptors (Lipinski definition) is 2. The molecule has 3 rings (SSSR count). The SMILES string of the molecule is N#Cc1ccc(Oc2ccc3ccccc3c2)cc1. The molecule has 2 heteroatoms. The van der Waals surface area contributed by atoms with E-state index < -0.39 is 0 Å². The van der Waals surface area contributed by atoms with Crippen LogP contribution in [0.3, 0.4) is 0 Å². The molecule has 0 saturated heterocycles. The minimum Gasteiger partial charge on any atom is -0.457 e. The van der Waals surface area contributed by atoms with Crippen molar-refractivity contribution in [3.8, 4) is 17.6 Å². The lowest BCUT2D eigenvalue weighted by atomic mass is 10.1. The molecule has 0 amide bonds. The van der Waals surface area contributed by atoms with E-state index in [1.54, 1.807) is 24.3 Å². The second-order valence-corrected chi connectivity index (χ2v) is 4.25. The van der Waals surface area contributed by atoms with Gasteiger partial charge >= 0.3 is 0 Å². The third-order valence-electron chi connectivity index (χ3n) is 2.94. The topological polar surface area (TPSA) is 33.0 Å². The molecule has 3 aromatic carbocycles. The van der Waals surface area contributed by atoms with E-state index in [2.05, 4.69) is 18.2 Å². The Morgan fingerprint density at radius 1 is 0.737 bits per heavy atom. The van der Waals surface area contributed by atoms with E-state index in [4.69, 9.17) is 10.00 Å². The summed E-state index contributed by atoms with van der Waals surface area (Å²) in [5, 5.41) is 11.1. The Balaban J connectivity index is 1.90. The molecule has 3 aromatic rings. The highest BCUT2D eigenvalue weighted by Crippen LogP contribution is 2.25. The molecule has 0 aliphatic heterocycles. The molecule has 0 bridgehead atoms. The van der Waals surface area contributed by atoms with Crippen molar-refractivity contribution in [1.29, 1.82) is 5.26 Å². The van der Waals surface area contributed by atoms with Crippen molar-refractivity contribution in [2.24, 2.45) is 0 Å². The van der Waals surface area contributed by atoms with E-state index in [-0.39, 0.29) is 0 Å². The zero-order valence-corrected chi connectivity index (χ0v) is 10.2. The van der Waals surface area contributed by atoms with Crippen LogP contribution in [0.5, 0.6) is 11.5 Å². The van der Waals surface area contributed by atoms with E-state index >= 15 is 0 Å². The van der Waals surface area contributed by atoms with Gasteiger partial charge < -0.3 is 4.74 Å². The monoisotopic (exact) mass is 245 g/mol. The molecule has 0 saturated carbocycles. The highest BCUT2D eigenvalue weighted by molar-refractivity contribution is 5.83. The van der Waals surface area contributed by atoms with Gasteiger partial charge in [0.15, 0.2) is 0 Å². The fourth-order valence-electron chi connectivity index (χ4n) is 1.96. The molecular formula is C17H11NO. The second-order valence-electron chi connectivity index (χ2n) is 4.25. The van der Waals surface area contributed by atoms with E-state index in [9.17, 15) is 0 Å². The molecule has 19 heavy (non-hydrogen) atoms. The molecule has 0 heterocycles. The van der Waals surface area contributed by atoms with Crippen LogP contribution in [0.25, 0.3) is 10.8 Å². The minimum absolute atomic E-state index is 0.630. The molecule has 0 aromatic heterocycles. The van der Waals surface area contributed by atoms with Crippen molar-refractivity contribution in [2.75, 3.05) is 0 Å². The smallest absolute Gasteiger partial charge is 0.128 e. The molecule has 0 radical (unpaired) electrons. The summed E-state index contributed by atoms with van der Waals surface area (Å²) in [7, 11) is 0. The Labute approximate surface area is 111 Å². The van der Waals surface area contributed by atoms with Crippen molar-refractivity contribution >= 4 is 10.8 Å². The Morgan fingerprint density at radius 3 is 2.16 bits per heavy atom. The third-order valence-corrected chi connectivity index (χ3v) is 2.94. The van der Waals surface area contributed by atoms with E-state index in [1.807, 2.05) is 30.3 Å². The Kier molecular flexibility index (Phi) is 2.88. The summed E-state index contributed by atoms with van der Waals surface area (Å²) in [6, 6.07) is 23.3. The molecule has 0 unspecified atom stereocenters. The number of nitriles is 1. The van der Waals surface area contributed by atoms with Crippen LogP contribution in [0.4, 0.5) is 0 Å². The molecule has 0 N–H and O–H groups in total. The zero-order valence-electron chi connectivity index (χ0n) is 10.2. The zero-order chi connectivity index (χ0) is 13.1. The van der Waals surface area contributed by atoms with Crippen LogP contribution in [0, 0.1) is 11.3 Å². The van der Waals surface area contributed by atoms with Crippen LogP contribution in [-0.2, 0) is 0 Å². The van der Waals surface area contributed by atoms with Gasteiger partial charge in [0.2, 0.25) is 0 Å². The first-order valence-electron chi connectivity index (χ1n) is 6.02. The predicted molar refractivity (Wildman–Crippen MR) is 75.2 cm³/mol. The summed E-state index contributed by atoms with van der Waals surface area (Å²) >= 11 is 0. The Morgan fingerprint density at radius 2 is 1.42 bits per heavy atom. The molecule has 0 fully saturated rings. The van der Waals surface area contributed by atoms with E-state index in [0.717, 1.165) is 16.9 Å². The summed E-state index contributed by atoms with van der Waals surface area (Å²) in [4.78, 5) is 0. The number of rotatable bonds is 2. The number of benzene rings is 3. The summed E-state index contributed by atoms with van der Waals surface area (Å²) in [6.45, 7) is 0. The van der Waals surface area contributed by atoms with Gasteiger partial charge in [0.25, 0.3) is 0 Å². The molecule has 2 nitrogen and oxygen atoms in total. The van der Waals surface area contributed by atoms with Gasteiger partial charge in [-0.15, -0.1) is 0 Å². The fourth-order valence-corrected chi connectivity index (χ4v) is 1.96. The molecule has 0 aliphatic rings. The van der Waals surface area contributed by atoms with Gasteiger partial charge in [-0.25, -0.2) is 0 Å². The van der Waals surface area contributed by atoms with Crippen LogP contribution in [0.15, 0.2) is 66.7 Å². The van der Waals surface area contributed by atoms with Gasteiger partial charge in [-0.2, -0.15) is 5.26 Å². The largest absolute Gasteiger partial charge is 0.457 e. The standard InChI is InChI=1S/C17H11NO/c18-12-13-5-8-16(9-6-13)19-17-10-7-14-3-1-2-4-15(14)11-17/h1-11H. The third kappa shape index (κ3) is 2.41. The van der Waals surface area contributed by atoms with Gasteiger partial charge in [0, 0.05) is 0 Å². The minimum atomic E-state index is 0.630. The lowest BCUT2D eigenvalue weighted by molar-refractivity contribution is 0.483. The van der Waals surface area contributed by atoms with Crippen molar-refractivity contribution in [3.05, 3.63) is 72.3 Å². The van der Waals surface area contributed by atoms with Crippen molar-refractivity contribution in [2.45, 2.75) is 0 Å². The van der Waals surface area contributed by atoms with Crippen LogP contribution >= 0.6 is 0 Å². The average molecular weight is 245 g/mol. The number of hydrogen-bond donors (Lipinski definition) is 0. The maximum Gasteiger partial charge on any atom is 0.128 e. The highest BCUT2D eigenvalue weighted by atomic mass is 16.5. The lowest BCUT2D eigenvalue weighted by Crippen LogP contribution is -1.84. The lowest BCUT2D eigenvalue weighted by Gasteiger charge is -2.06. The first-order chi connectivity index (χ1) is 9.35. The highest BCUT2D eigenvalue weighted by Gasteiger charge is 1.99. The van der Waals surface area contributed by atoms with Gasteiger partial charge in [-0.3, -0.25) is 0 Å². The Bertz CT molecular complexity index is 754.